The van der Waals surface area contributed by atoms with Crippen molar-refractivity contribution in [3.63, 3.8) is 0 Å². The second-order valence-corrected chi connectivity index (χ2v) is 4.64. The highest BCUT2D eigenvalue weighted by molar-refractivity contribution is 6.37. The van der Waals surface area contributed by atoms with Crippen LogP contribution >= 0.6 is 23.2 Å². The highest BCUT2D eigenvalue weighted by atomic mass is 35.5. The molecule has 0 aliphatic carbocycles. The smallest absolute Gasteiger partial charge is 0.257 e. The third-order valence-electron chi connectivity index (χ3n) is 2.43. The Balaban J connectivity index is 2.28. The van der Waals surface area contributed by atoms with Gasteiger partial charge in [-0.3, -0.25) is 4.79 Å². The third-order valence-corrected chi connectivity index (χ3v) is 3.03. The lowest BCUT2D eigenvalue weighted by molar-refractivity contribution is 0.102. The molecule has 0 fully saturated rings. The van der Waals surface area contributed by atoms with Crippen LogP contribution in [0.2, 0.25) is 10.0 Å². The van der Waals surface area contributed by atoms with Gasteiger partial charge < -0.3 is 5.32 Å². The molecule has 0 aliphatic rings. The first-order valence-electron chi connectivity index (χ1n) is 5.29. The molecule has 2 aromatic carbocycles. The zero-order valence-electron chi connectivity index (χ0n) is 9.68. The highest BCUT2D eigenvalue weighted by Crippen LogP contribution is 2.25. The number of carbonyl (C=O) groups is 1. The molecular weight excluding hydrogens is 314 g/mol. The van der Waals surface area contributed by atoms with Crippen LogP contribution in [0.25, 0.3) is 0 Å². The summed E-state index contributed by atoms with van der Waals surface area (Å²) >= 11 is 11.3. The molecule has 0 heterocycles. The second kappa shape index (κ2) is 5.73. The Bertz CT molecular complexity index is 692. The topological polar surface area (TPSA) is 29.1 Å². The van der Waals surface area contributed by atoms with Gasteiger partial charge in [0.15, 0.2) is 11.6 Å². The SMILES string of the molecule is O=C(Nc1ccc(F)c(F)c1)c1cc(F)c(Cl)cc1Cl. The van der Waals surface area contributed by atoms with E-state index in [1.54, 1.807) is 0 Å². The molecule has 0 aliphatic heterocycles. The van der Waals surface area contributed by atoms with Crippen LogP contribution in [0.1, 0.15) is 10.4 Å². The lowest BCUT2D eigenvalue weighted by Crippen LogP contribution is -2.13. The van der Waals surface area contributed by atoms with Gasteiger partial charge in [-0.2, -0.15) is 0 Å². The summed E-state index contributed by atoms with van der Waals surface area (Å²) < 4.78 is 39.0. The van der Waals surface area contributed by atoms with Crippen molar-refractivity contribution in [3.05, 3.63) is 63.4 Å². The summed E-state index contributed by atoms with van der Waals surface area (Å²) in [7, 11) is 0. The van der Waals surface area contributed by atoms with Gasteiger partial charge in [-0.25, -0.2) is 13.2 Å². The second-order valence-electron chi connectivity index (χ2n) is 3.83. The van der Waals surface area contributed by atoms with Crippen LogP contribution in [0.15, 0.2) is 30.3 Å². The maximum absolute atomic E-state index is 13.3. The van der Waals surface area contributed by atoms with Crippen LogP contribution in [-0.4, -0.2) is 5.91 Å². The Hall–Kier alpha value is -1.72. The van der Waals surface area contributed by atoms with E-state index in [2.05, 4.69) is 5.32 Å². The number of anilines is 1. The standard InChI is InChI=1S/C13H6Cl2F3NO/c14-8-5-9(15)11(17)4-7(8)13(20)19-6-1-2-10(16)12(18)3-6/h1-5H,(H,19,20). The highest BCUT2D eigenvalue weighted by Gasteiger charge is 2.15. The minimum absolute atomic E-state index is 0.0142. The van der Waals surface area contributed by atoms with Crippen LogP contribution in [0.4, 0.5) is 18.9 Å². The largest absolute Gasteiger partial charge is 0.322 e. The van der Waals surface area contributed by atoms with Gasteiger partial charge in [-0.1, -0.05) is 23.2 Å². The molecule has 20 heavy (non-hydrogen) atoms. The molecule has 1 amide bonds. The zero-order valence-corrected chi connectivity index (χ0v) is 11.2. The Morgan fingerprint density at radius 3 is 2.25 bits per heavy atom. The van der Waals surface area contributed by atoms with Gasteiger partial charge in [-0.05, 0) is 24.3 Å². The monoisotopic (exact) mass is 319 g/mol. The number of amides is 1. The Morgan fingerprint density at radius 2 is 1.60 bits per heavy atom. The molecule has 2 rings (SSSR count). The summed E-state index contributed by atoms with van der Waals surface area (Å²) in [4.78, 5) is 11.9. The predicted molar refractivity (Wildman–Crippen MR) is 70.7 cm³/mol. The van der Waals surface area contributed by atoms with Crippen molar-refractivity contribution in [1.29, 1.82) is 0 Å². The van der Waals surface area contributed by atoms with E-state index in [-0.39, 0.29) is 21.3 Å². The van der Waals surface area contributed by atoms with Gasteiger partial charge >= 0.3 is 0 Å². The molecule has 0 atom stereocenters. The maximum Gasteiger partial charge on any atom is 0.257 e. The van der Waals surface area contributed by atoms with E-state index in [1.165, 1.54) is 0 Å². The molecule has 0 bridgehead atoms. The number of rotatable bonds is 2. The first-order valence-corrected chi connectivity index (χ1v) is 6.05. The summed E-state index contributed by atoms with van der Waals surface area (Å²) in [6, 6.07) is 4.76. The predicted octanol–water partition coefficient (Wildman–Crippen LogP) is 4.66. The van der Waals surface area contributed by atoms with Crippen molar-refractivity contribution in [2.24, 2.45) is 0 Å². The summed E-state index contributed by atoms with van der Waals surface area (Å²) in [6.07, 6.45) is 0. The fourth-order valence-corrected chi connectivity index (χ4v) is 1.94. The molecule has 0 radical (unpaired) electrons. The summed E-state index contributed by atoms with van der Waals surface area (Å²) in [5.41, 5.74) is -0.154. The average Bonchev–Trinajstić information content (AvgIpc) is 2.38. The minimum atomic E-state index is -1.11. The van der Waals surface area contributed by atoms with E-state index in [9.17, 15) is 18.0 Å². The quantitative estimate of drug-likeness (QED) is 0.801. The van der Waals surface area contributed by atoms with Crippen molar-refractivity contribution in [3.8, 4) is 0 Å². The van der Waals surface area contributed by atoms with Gasteiger partial charge in [-0.15, -0.1) is 0 Å². The van der Waals surface area contributed by atoms with E-state index in [0.29, 0.717) is 0 Å². The molecule has 2 aromatic rings. The third kappa shape index (κ3) is 3.05. The van der Waals surface area contributed by atoms with Gasteiger partial charge in [0.2, 0.25) is 0 Å². The summed E-state index contributed by atoms with van der Waals surface area (Å²) in [5.74, 6) is -3.74. The number of halogens is 5. The zero-order chi connectivity index (χ0) is 14.9. The normalized spacial score (nSPS) is 10.4. The van der Waals surface area contributed by atoms with E-state index in [1.807, 2.05) is 0 Å². The molecular formula is C13H6Cl2F3NO. The number of hydrogen-bond donors (Lipinski definition) is 1. The Kier molecular flexibility index (Phi) is 4.20. The lowest BCUT2D eigenvalue weighted by atomic mass is 10.2. The number of hydrogen-bond acceptors (Lipinski definition) is 1. The van der Waals surface area contributed by atoms with E-state index < -0.39 is 23.4 Å². The van der Waals surface area contributed by atoms with Crippen molar-refractivity contribution in [2.45, 2.75) is 0 Å². The van der Waals surface area contributed by atoms with Crippen molar-refractivity contribution < 1.29 is 18.0 Å². The lowest BCUT2D eigenvalue weighted by Gasteiger charge is -2.08. The van der Waals surface area contributed by atoms with Crippen LogP contribution in [0.3, 0.4) is 0 Å². The van der Waals surface area contributed by atoms with Crippen LogP contribution in [0, 0.1) is 17.5 Å². The Morgan fingerprint density at radius 1 is 0.900 bits per heavy atom. The molecule has 0 spiro atoms. The fourth-order valence-electron chi connectivity index (χ4n) is 1.47. The van der Waals surface area contributed by atoms with E-state index in [4.69, 9.17) is 23.2 Å². The van der Waals surface area contributed by atoms with Gasteiger partial charge in [0.05, 0.1) is 15.6 Å². The summed E-state index contributed by atoms with van der Waals surface area (Å²) in [5, 5.41) is 1.99. The maximum atomic E-state index is 13.3. The number of nitrogens with one attached hydrogen (secondary N) is 1. The number of carbonyl (C=O) groups excluding carboxylic acids is 1. The summed E-state index contributed by atoms with van der Waals surface area (Å²) in [6.45, 7) is 0. The van der Waals surface area contributed by atoms with E-state index in [0.717, 1.165) is 30.3 Å². The van der Waals surface area contributed by atoms with Gasteiger partial charge in [0, 0.05) is 11.8 Å². The van der Waals surface area contributed by atoms with Gasteiger partial charge in [0.25, 0.3) is 5.91 Å². The Labute approximate surface area is 122 Å². The van der Waals surface area contributed by atoms with Crippen molar-refractivity contribution in [2.75, 3.05) is 5.32 Å². The number of benzene rings is 2. The van der Waals surface area contributed by atoms with Crippen molar-refractivity contribution in [1.82, 2.24) is 0 Å². The first-order chi connectivity index (χ1) is 9.38. The molecule has 0 aromatic heterocycles. The van der Waals surface area contributed by atoms with Crippen LogP contribution in [-0.2, 0) is 0 Å². The average molecular weight is 320 g/mol. The fraction of sp³-hybridized carbons (Fsp3) is 0. The molecule has 0 unspecified atom stereocenters. The molecule has 0 saturated heterocycles. The van der Waals surface area contributed by atoms with Gasteiger partial charge in [0.1, 0.15) is 5.82 Å². The molecule has 1 N–H and O–H groups in total. The first kappa shape index (κ1) is 14.7. The molecule has 7 heteroatoms. The molecule has 0 saturated carbocycles. The van der Waals surface area contributed by atoms with Crippen LogP contribution in [0.5, 0.6) is 0 Å². The molecule has 104 valence electrons. The molecule has 2 nitrogen and oxygen atoms in total. The van der Waals surface area contributed by atoms with Crippen molar-refractivity contribution >= 4 is 34.8 Å². The van der Waals surface area contributed by atoms with E-state index >= 15 is 0 Å². The van der Waals surface area contributed by atoms with Crippen LogP contribution < -0.4 is 5.32 Å². The minimum Gasteiger partial charge on any atom is -0.322 e.